The first kappa shape index (κ1) is 25.2. The van der Waals surface area contributed by atoms with E-state index in [-0.39, 0.29) is 35.7 Å². The van der Waals surface area contributed by atoms with Crippen molar-refractivity contribution < 1.29 is 27.2 Å². The second-order valence-corrected chi connectivity index (χ2v) is 11.3. The standard InChI is InChI=1S/C24H27F3N4O3S/c1-13(15-5-4-6-16(21(15)25)22(26)27)29-23-18-11-19(24(32)7-9-35(28,33)10-8-24)20(34-3)12-17(18)14(2)30-31-23/h4-6,11-13,22,28,32H,7-10H2,1-3H3,(H,29,31)/t13-,24?,35?/m1/s1. The zero-order valence-corrected chi connectivity index (χ0v) is 20.4. The van der Waals surface area contributed by atoms with Crippen LogP contribution in [0.5, 0.6) is 5.75 Å². The number of nitrogens with one attached hydrogen (secondary N) is 2. The van der Waals surface area contributed by atoms with Crippen LogP contribution in [0.3, 0.4) is 0 Å². The van der Waals surface area contributed by atoms with Crippen molar-refractivity contribution in [2.45, 2.75) is 44.8 Å². The molecule has 3 N–H and O–H groups in total. The lowest BCUT2D eigenvalue weighted by Gasteiger charge is -2.34. The van der Waals surface area contributed by atoms with Crippen LogP contribution < -0.4 is 10.1 Å². The summed E-state index contributed by atoms with van der Waals surface area (Å²) in [6.45, 7) is 3.39. The summed E-state index contributed by atoms with van der Waals surface area (Å²) in [6, 6.07) is 6.59. The molecule has 1 aliphatic rings. The Balaban J connectivity index is 1.79. The summed E-state index contributed by atoms with van der Waals surface area (Å²) >= 11 is 0. The topological polar surface area (TPSA) is 108 Å². The number of anilines is 1. The normalized spacial score (nSPS) is 23.4. The molecule has 1 saturated heterocycles. The van der Waals surface area contributed by atoms with E-state index in [0.29, 0.717) is 27.8 Å². The molecule has 188 valence electrons. The van der Waals surface area contributed by atoms with Crippen molar-refractivity contribution in [3.05, 3.63) is 58.5 Å². The molecule has 0 spiro atoms. The number of hydrogen-bond acceptors (Lipinski definition) is 7. The smallest absolute Gasteiger partial charge is 0.266 e. The Morgan fingerprint density at radius 2 is 1.83 bits per heavy atom. The van der Waals surface area contributed by atoms with Crippen molar-refractivity contribution in [3.8, 4) is 5.75 Å². The molecule has 0 bridgehead atoms. The van der Waals surface area contributed by atoms with E-state index in [1.165, 1.54) is 19.2 Å². The highest BCUT2D eigenvalue weighted by Crippen LogP contribution is 2.42. The minimum atomic E-state index is -2.94. The fourth-order valence-corrected chi connectivity index (χ4v) is 6.00. The minimum Gasteiger partial charge on any atom is -0.496 e. The summed E-state index contributed by atoms with van der Waals surface area (Å²) in [5.41, 5.74) is -0.897. The molecule has 2 heterocycles. The fraction of sp³-hybridized carbons (Fsp3) is 0.417. The van der Waals surface area contributed by atoms with E-state index in [1.807, 2.05) is 0 Å². The van der Waals surface area contributed by atoms with Gasteiger partial charge < -0.3 is 15.2 Å². The Labute approximate surface area is 201 Å². The third-order valence-electron chi connectivity index (χ3n) is 6.59. The van der Waals surface area contributed by atoms with E-state index in [1.54, 1.807) is 26.0 Å². The maximum atomic E-state index is 14.7. The van der Waals surface area contributed by atoms with Crippen molar-refractivity contribution in [3.63, 3.8) is 0 Å². The average molecular weight is 509 g/mol. The number of hydrogen-bond donors (Lipinski definition) is 3. The zero-order chi connectivity index (χ0) is 25.5. The van der Waals surface area contributed by atoms with Crippen molar-refractivity contribution in [2.75, 3.05) is 23.9 Å². The summed E-state index contributed by atoms with van der Waals surface area (Å²) in [7, 11) is -1.24. The molecule has 1 fully saturated rings. The van der Waals surface area contributed by atoms with Crippen molar-refractivity contribution in [1.82, 2.24) is 10.2 Å². The van der Waals surface area contributed by atoms with Gasteiger partial charge in [-0.2, -0.15) is 5.10 Å². The number of nitrogens with zero attached hydrogens (tertiary/aromatic N) is 2. The minimum absolute atomic E-state index is 0.0585. The Morgan fingerprint density at radius 3 is 2.46 bits per heavy atom. The summed E-state index contributed by atoms with van der Waals surface area (Å²) in [5, 5.41) is 24.1. The van der Waals surface area contributed by atoms with Crippen LogP contribution in [0.4, 0.5) is 19.0 Å². The summed E-state index contributed by atoms with van der Waals surface area (Å²) in [5.74, 6) is -0.137. The molecule has 2 aromatic carbocycles. The molecule has 1 atom stereocenters. The molecule has 0 aliphatic carbocycles. The van der Waals surface area contributed by atoms with E-state index >= 15 is 0 Å². The molecular formula is C24H27F3N4O3S. The van der Waals surface area contributed by atoms with Crippen LogP contribution in [0.1, 0.15) is 54.6 Å². The predicted octanol–water partition coefficient (Wildman–Crippen LogP) is 5.22. The molecule has 11 heteroatoms. The third kappa shape index (κ3) is 4.79. The quantitative estimate of drug-likeness (QED) is 0.421. The molecule has 0 amide bonds. The van der Waals surface area contributed by atoms with Crippen molar-refractivity contribution in [1.29, 1.82) is 4.78 Å². The molecule has 35 heavy (non-hydrogen) atoms. The Bertz CT molecular complexity index is 1370. The molecular weight excluding hydrogens is 481 g/mol. The molecule has 7 nitrogen and oxygen atoms in total. The van der Waals surface area contributed by atoms with Gasteiger partial charge in [0.05, 0.1) is 30.0 Å². The molecule has 0 radical (unpaired) electrons. The van der Waals surface area contributed by atoms with Gasteiger partial charge in [-0.15, -0.1) is 5.10 Å². The molecule has 4 rings (SSSR count). The summed E-state index contributed by atoms with van der Waals surface area (Å²) < 4.78 is 66.7. The van der Waals surface area contributed by atoms with E-state index in [2.05, 4.69) is 15.5 Å². The number of aryl methyl sites for hydroxylation is 1. The van der Waals surface area contributed by atoms with Gasteiger partial charge in [-0.05, 0) is 38.8 Å². The van der Waals surface area contributed by atoms with Gasteiger partial charge >= 0.3 is 0 Å². The summed E-state index contributed by atoms with van der Waals surface area (Å²) in [6.07, 6.45) is -2.66. The van der Waals surface area contributed by atoms with Gasteiger partial charge in [0, 0.05) is 43.1 Å². The lowest BCUT2D eigenvalue weighted by molar-refractivity contribution is 0.0247. The highest BCUT2D eigenvalue weighted by Gasteiger charge is 2.38. The van der Waals surface area contributed by atoms with Crippen LogP contribution in [0, 0.1) is 17.5 Å². The highest BCUT2D eigenvalue weighted by atomic mass is 32.2. The number of methoxy groups -OCH3 is 1. The third-order valence-corrected chi connectivity index (χ3v) is 8.32. The molecule has 0 unspecified atom stereocenters. The second-order valence-electron chi connectivity index (χ2n) is 8.90. The first-order valence-corrected chi connectivity index (χ1v) is 13.0. The lowest BCUT2D eigenvalue weighted by Crippen LogP contribution is -2.36. The number of aliphatic hydroxyl groups is 1. The maximum Gasteiger partial charge on any atom is 0.266 e. The van der Waals surface area contributed by atoms with E-state index in [4.69, 9.17) is 9.52 Å². The first-order valence-electron chi connectivity index (χ1n) is 11.1. The number of alkyl halides is 2. The number of halogens is 3. The highest BCUT2D eigenvalue weighted by molar-refractivity contribution is 7.92. The van der Waals surface area contributed by atoms with Crippen molar-refractivity contribution in [2.24, 2.45) is 0 Å². The van der Waals surface area contributed by atoms with Gasteiger partial charge in [-0.3, -0.25) is 4.78 Å². The van der Waals surface area contributed by atoms with Crippen LogP contribution in [0.15, 0.2) is 30.3 Å². The van der Waals surface area contributed by atoms with Crippen LogP contribution in [0.25, 0.3) is 10.8 Å². The molecule has 3 aromatic rings. The number of rotatable bonds is 6. The second kappa shape index (κ2) is 9.27. The van der Waals surface area contributed by atoms with E-state index < -0.39 is 39.2 Å². The number of benzene rings is 2. The Hall–Kier alpha value is -2.92. The van der Waals surface area contributed by atoms with Crippen LogP contribution >= 0.6 is 0 Å². The van der Waals surface area contributed by atoms with Gasteiger partial charge in [-0.25, -0.2) is 17.4 Å². The lowest BCUT2D eigenvalue weighted by atomic mass is 9.86. The maximum absolute atomic E-state index is 14.7. The van der Waals surface area contributed by atoms with Gasteiger partial charge in [-0.1, -0.05) is 18.2 Å². The zero-order valence-electron chi connectivity index (χ0n) is 19.6. The average Bonchev–Trinajstić information content (AvgIpc) is 2.82. The first-order chi connectivity index (χ1) is 16.5. The SMILES string of the molecule is COc1cc2c(C)nnc(N[C@H](C)c3cccc(C(F)F)c3F)c2cc1C1(O)CCS(=N)(=O)CC1. The number of ether oxygens (including phenoxy) is 1. The van der Waals surface area contributed by atoms with E-state index in [9.17, 15) is 22.5 Å². The Kier molecular flexibility index (Phi) is 6.67. The van der Waals surface area contributed by atoms with Crippen LogP contribution in [-0.2, 0) is 15.3 Å². The fourth-order valence-electron chi connectivity index (χ4n) is 4.47. The van der Waals surface area contributed by atoms with Gasteiger partial charge in [0.2, 0.25) is 0 Å². The van der Waals surface area contributed by atoms with Crippen LogP contribution in [0.2, 0.25) is 0 Å². The molecule has 0 saturated carbocycles. The van der Waals surface area contributed by atoms with Gasteiger partial charge in [0.15, 0.2) is 5.82 Å². The summed E-state index contributed by atoms with van der Waals surface area (Å²) in [4.78, 5) is 0. The van der Waals surface area contributed by atoms with Crippen molar-refractivity contribution >= 4 is 26.3 Å². The number of aromatic nitrogens is 2. The van der Waals surface area contributed by atoms with Crippen LogP contribution in [-0.4, -0.2) is 38.1 Å². The Morgan fingerprint density at radius 1 is 1.17 bits per heavy atom. The van der Waals surface area contributed by atoms with Gasteiger partial charge in [0.1, 0.15) is 11.6 Å². The molecule has 1 aromatic heterocycles. The number of fused-ring (bicyclic) bond motifs is 1. The predicted molar refractivity (Wildman–Crippen MR) is 128 cm³/mol. The molecule has 1 aliphatic heterocycles. The largest absolute Gasteiger partial charge is 0.496 e. The monoisotopic (exact) mass is 508 g/mol. The van der Waals surface area contributed by atoms with Gasteiger partial charge in [0.25, 0.3) is 6.43 Å². The van der Waals surface area contributed by atoms with E-state index in [0.717, 1.165) is 6.07 Å².